The van der Waals surface area contributed by atoms with Crippen LogP contribution in [0.4, 0.5) is 5.69 Å². The van der Waals surface area contributed by atoms with Gasteiger partial charge in [-0.25, -0.2) is 0 Å². The zero-order valence-corrected chi connectivity index (χ0v) is 11.6. The molecule has 2 aromatic carbocycles. The molecule has 0 fully saturated rings. The third kappa shape index (κ3) is 1.35. The lowest BCUT2D eigenvalue weighted by Crippen LogP contribution is -2.35. The SMILES string of the molecule is CCOc1ccc2c(c1)[C@@]1(C)c3ccccc3N[C@H]1O2. The number of nitrogens with one attached hydrogen (secondary N) is 1. The molecule has 102 valence electrons. The summed E-state index contributed by atoms with van der Waals surface area (Å²) >= 11 is 0. The van der Waals surface area contributed by atoms with E-state index in [0.29, 0.717) is 6.61 Å². The van der Waals surface area contributed by atoms with Gasteiger partial charge in [0.25, 0.3) is 0 Å². The number of fused-ring (bicyclic) bond motifs is 5. The van der Waals surface area contributed by atoms with E-state index in [9.17, 15) is 0 Å². The Morgan fingerprint density at radius 1 is 1.20 bits per heavy atom. The maximum absolute atomic E-state index is 6.08. The van der Waals surface area contributed by atoms with Crippen LogP contribution >= 0.6 is 0 Å². The summed E-state index contributed by atoms with van der Waals surface area (Å²) in [4.78, 5) is 0. The van der Waals surface area contributed by atoms with Gasteiger partial charge in [0.1, 0.15) is 11.5 Å². The monoisotopic (exact) mass is 267 g/mol. The van der Waals surface area contributed by atoms with E-state index in [2.05, 4.69) is 36.5 Å². The van der Waals surface area contributed by atoms with Gasteiger partial charge in [0.2, 0.25) is 0 Å². The molecule has 3 nitrogen and oxygen atoms in total. The number of rotatable bonds is 2. The fourth-order valence-corrected chi connectivity index (χ4v) is 3.32. The molecule has 2 heterocycles. The minimum Gasteiger partial charge on any atom is -0.494 e. The van der Waals surface area contributed by atoms with Crippen molar-refractivity contribution in [1.82, 2.24) is 0 Å². The molecule has 1 N–H and O–H groups in total. The molecule has 0 unspecified atom stereocenters. The molecule has 2 aromatic rings. The quantitative estimate of drug-likeness (QED) is 0.902. The van der Waals surface area contributed by atoms with Crippen LogP contribution < -0.4 is 14.8 Å². The number of anilines is 1. The summed E-state index contributed by atoms with van der Waals surface area (Å²) in [7, 11) is 0. The molecule has 4 rings (SSSR count). The summed E-state index contributed by atoms with van der Waals surface area (Å²) in [6, 6.07) is 14.5. The summed E-state index contributed by atoms with van der Waals surface area (Å²) < 4.78 is 11.7. The Balaban J connectivity index is 1.89. The van der Waals surface area contributed by atoms with Gasteiger partial charge in [-0.2, -0.15) is 0 Å². The predicted molar refractivity (Wildman–Crippen MR) is 78.5 cm³/mol. The van der Waals surface area contributed by atoms with Gasteiger partial charge in [0.15, 0.2) is 6.23 Å². The number of hydrogen-bond acceptors (Lipinski definition) is 3. The Labute approximate surface area is 118 Å². The normalized spacial score (nSPS) is 25.2. The maximum Gasteiger partial charge on any atom is 0.183 e. The number of hydrogen-bond donors (Lipinski definition) is 1. The minimum absolute atomic E-state index is 0.0354. The zero-order valence-electron chi connectivity index (χ0n) is 11.6. The van der Waals surface area contributed by atoms with E-state index in [1.165, 1.54) is 11.1 Å². The molecule has 20 heavy (non-hydrogen) atoms. The largest absolute Gasteiger partial charge is 0.494 e. The second-order valence-electron chi connectivity index (χ2n) is 5.48. The maximum atomic E-state index is 6.08. The lowest BCUT2D eigenvalue weighted by molar-refractivity contribution is 0.217. The van der Waals surface area contributed by atoms with Crippen LogP contribution in [0.3, 0.4) is 0 Å². The molecule has 0 bridgehead atoms. The lowest BCUT2D eigenvalue weighted by atomic mass is 9.78. The van der Waals surface area contributed by atoms with Gasteiger partial charge < -0.3 is 14.8 Å². The number of ether oxygens (including phenoxy) is 2. The number of para-hydroxylation sites is 1. The molecule has 0 spiro atoms. The molecule has 0 saturated carbocycles. The lowest BCUT2D eigenvalue weighted by Gasteiger charge is -2.23. The average Bonchev–Trinajstić information content (AvgIpc) is 2.89. The Kier molecular flexibility index (Phi) is 2.28. The highest BCUT2D eigenvalue weighted by Gasteiger charge is 2.52. The highest BCUT2D eigenvalue weighted by Crippen LogP contribution is 2.53. The molecule has 2 atom stereocenters. The van der Waals surface area contributed by atoms with E-state index >= 15 is 0 Å². The van der Waals surface area contributed by atoms with Crippen molar-refractivity contribution in [1.29, 1.82) is 0 Å². The van der Waals surface area contributed by atoms with Crippen LogP contribution in [0.2, 0.25) is 0 Å². The molecule has 2 aliphatic heterocycles. The highest BCUT2D eigenvalue weighted by molar-refractivity contribution is 5.69. The fraction of sp³-hybridized carbons (Fsp3) is 0.294. The Morgan fingerprint density at radius 2 is 2.05 bits per heavy atom. The van der Waals surface area contributed by atoms with Crippen molar-refractivity contribution in [3.63, 3.8) is 0 Å². The second kappa shape index (κ2) is 3.92. The van der Waals surface area contributed by atoms with Crippen molar-refractivity contribution in [2.24, 2.45) is 0 Å². The van der Waals surface area contributed by atoms with Crippen molar-refractivity contribution >= 4 is 5.69 Å². The van der Waals surface area contributed by atoms with Crippen LogP contribution in [-0.2, 0) is 5.41 Å². The van der Waals surface area contributed by atoms with Crippen molar-refractivity contribution in [2.45, 2.75) is 25.5 Å². The average molecular weight is 267 g/mol. The molecule has 0 amide bonds. The van der Waals surface area contributed by atoms with Crippen LogP contribution in [0.25, 0.3) is 0 Å². The summed E-state index contributed by atoms with van der Waals surface area (Å²) in [5, 5.41) is 3.47. The van der Waals surface area contributed by atoms with Gasteiger partial charge in [0.05, 0.1) is 12.0 Å². The summed E-state index contributed by atoms with van der Waals surface area (Å²) in [5.74, 6) is 1.85. The molecular weight excluding hydrogens is 250 g/mol. The van der Waals surface area contributed by atoms with E-state index in [4.69, 9.17) is 9.47 Å². The van der Waals surface area contributed by atoms with Crippen LogP contribution in [0, 0.1) is 0 Å². The van der Waals surface area contributed by atoms with E-state index < -0.39 is 0 Å². The van der Waals surface area contributed by atoms with Gasteiger partial charge >= 0.3 is 0 Å². The van der Waals surface area contributed by atoms with Crippen molar-refractivity contribution in [3.05, 3.63) is 53.6 Å². The molecule has 0 aliphatic carbocycles. The Hall–Kier alpha value is -2.16. The first-order valence-electron chi connectivity index (χ1n) is 7.03. The van der Waals surface area contributed by atoms with Crippen LogP contribution in [-0.4, -0.2) is 12.8 Å². The molecule has 0 aromatic heterocycles. The van der Waals surface area contributed by atoms with Crippen molar-refractivity contribution < 1.29 is 9.47 Å². The predicted octanol–water partition coefficient (Wildman–Crippen LogP) is 3.54. The van der Waals surface area contributed by atoms with E-state index in [1.54, 1.807) is 0 Å². The molecule has 0 saturated heterocycles. The first-order valence-corrected chi connectivity index (χ1v) is 7.03. The molecular formula is C17H17NO2. The first kappa shape index (κ1) is 11.6. The fourth-order valence-electron chi connectivity index (χ4n) is 3.32. The third-order valence-electron chi connectivity index (χ3n) is 4.36. The Bertz CT molecular complexity index is 682. The Morgan fingerprint density at radius 3 is 2.90 bits per heavy atom. The van der Waals surface area contributed by atoms with Crippen LogP contribution in [0.5, 0.6) is 11.5 Å². The highest BCUT2D eigenvalue weighted by atomic mass is 16.5. The van der Waals surface area contributed by atoms with E-state index in [-0.39, 0.29) is 11.6 Å². The topological polar surface area (TPSA) is 30.5 Å². The standard InChI is InChI=1S/C17H17NO2/c1-3-19-11-8-9-15-13(10-11)17(2)12-6-4-5-7-14(12)18-16(17)20-15/h4-10,16,18H,3H2,1-2H3/t16-,17+/m0/s1. The van der Waals surface area contributed by atoms with Crippen molar-refractivity contribution in [3.8, 4) is 11.5 Å². The summed E-state index contributed by atoms with van der Waals surface area (Å²) in [6.07, 6.45) is -0.0354. The van der Waals surface area contributed by atoms with Gasteiger partial charge in [-0.3, -0.25) is 0 Å². The zero-order chi connectivity index (χ0) is 13.7. The van der Waals surface area contributed by atoms with Crippen LogP contribution in [0.15, 0.2) is 42.5 Å². The molecule has 3 heteroatoms. The van der Waals surface area contributed by atoms with Gasteiger partial charge in [0, 0.05) is 11.3 Å². The van der Waals surface area contributed by atoms with Gasteiger partial charge in [-0.1, -0.05) is 18.2 Å². The van der Waals surface area contributed by atoms with Crippen molar-refractivity contribution in [2.75, 3.05) is 11.9 Å². The minimum atomic E-state index is -0.154. The van der Waals surface area contributed by atoms with E-state index in [0.717, 1.165) is 17.2 Å². The molecule has 2 aliphatic rings. The third-order valence-corrected chi connectivity index (χ3v) is 4.36. The number of benzene rings is 2. The van der Waals surface area contributed by atoms with Gasteiger partial charge in [-0.15, -0.1) is 0 Å². The van der Waals surface area contributed by atoms with E-state index in [1.807, 2.05) is 25.1 Å². The second-order valence-corrected chi connectivity index (χ2v) is 5.48. The summed E-state index contributed by atoms with van der Waals surface area (Å²) in [6.45, 7) is 4.91. The van der Waals surface area contributed by atoms with Crippen LogP contribution in [0.1, 0.15) is 25.0 Å². The summed E-state index contributed by atoms with van der Waals surface area (Å²) in [5.41, 5.74) is 3.50. The first-order chi connectivity index (χ1) is 9.73. The van der Waals surface area contributed by atoms with Gasteiger partial charge in [-0.05, 0) is 43.7 Å². The smallest absolute Gasteiger partial charge is 0.183 e. The molecule has 0 radical (unpaired) electrons.